The van der Waals surface area contributed by atoms with Crippen LogP contribution in [0.5, 0.6) is 0 Å². The molecular formula is C13H14ClN3O2. The molecule has 0 atom stereocenters. The molecular weight excluding hydrogens is 266 g/mol. The largest absolute Gasteiger partial charge is 0.481 e. The number of hydrogen-bond acceptors (Lipinski definition) is 3. The monoisotopic (exact) mass is 279 g/mol. The summed E-state index contributed by atoms with van der Waals surface area (Å²) < 4.78 is 1.71. The molecule has 100 valence electrons. The van der Waals surface area contributed by atoms with Crippen LogP contribution in [0, 0.1) is 13.8 Å². The zero-order valence-electron chi connectivity index (χ0n) is 10.7. The van der Waals surface area contributed by atoms with Gasteiger partial charge in [0, 0.05) is 11.4 Å². The number of hydrogen-bond donors (Lipinski definition) is 1. The number of nitrogens with zero attached hydrogens (tertiary/aromatic N) is 3. The maximum Gasteiger partial charge on any atom is 0.303 e. The van der Waals surface area contributed by atoms with Crippen LogP contribution in [-0.4, -0.2) is 25.8 Å². The van der Waals surface area contributed by atoms with Crippen LogP contribution >= 0.6 is 11.6 Å². The molecule has 6 heteroatoms. The third kappa shape index (κ3) is 3.12. The zero-order chi connectivity index (χ0) is 14.0. The minimum absolute atomic E-state index is 0.0308. The van der Waals surface area contributed by atoms with E-state index >= 15 is 0 Å². The van der Waals surface area contributed by atoms with Crippen LogP contribution < -0.4 is 0 Å². The second-order valence-electron chi connectivity index (χ2n) is 4.31. The Labute approximate surface area is 115 Å². The lowest BCUT2D eigenvalue weighted by Gasteiger charge is -2.06. The van der Waals surface area contributed by atoms with E-state index in [-0.39, 0.29) is 6.42 Å². The highest BCUT2D eigenvalue weighted by Crippen LogP contribution is 2.19. The van der Waals surface area contributed by atoms with Crippen molar-refractivity contribution < 1.29 is 9.90 Å². The van der Waals surface area contributed by atoms with Gasteiger partial charge in [-0.25, -0.2) is 9.67 Å². The van der Waals surface area contributed by atoms with Crippen LogP contribution in [0.25, 0.3) is 5.69 Å². The van der Waals surface area contributed by atoms with Crippen molar-refractivity contribution in [3.8, 4) is 5.69 Å². The standard InChI is InChI=1S/C13H14ClN3O2/c1-8-7-10(14)3-4-11(8)17-9(2)15-12(16-17)5-6-13(18)19/h3-4,7H,5-6H2,1-2H3,(H,18,19). The fourth-order valence-corrected chi connectivity index (χ4v) is 2.08. The van der Waals surface area contributed by atoms with Gasteiger partial charge in [0.15, 0.2) is 5.82 Å². The Bertz CT molecular complexity index is 622. The van der Waals surface area contributed by atoms with E-state index in [0.717, 1.165) is 17.1 Å². The second-order valence-corrected chi connectivity index (χ2v) is 4.75. The Morgan fingerprint density at radius 1 is 1.42 bits per heavy atom. The number of carboxylic acid groups (broad SMARTS) is 1. The molecule has 0 aliphatic heterocycles. The second kappa shape index (κ2) is 5.40. The van der Waals surface area contributed by atoms with Crippen molar-refractivity contribution in [2.24, 2.45) is 0 Å². The Kier molecular flexibility index (Phi) is 3.85. The molecule has 0 unspecified atom stereocenters. The molecule has 0 radical (unpaired) electrons. The van der Waals surface area contributed by atoms with Crippen molar-refractivity contribution in [1.82, 2.24) is 14.8 Å². The van der Waals surface area contributed by atoms with Crippen molar-refractivity contribution in [2.75, 3.05) is 0 Å². The minimum atomic E-state index is -0.850. The molecule has 0 saturated heterocycles. The van der Waals surface area contributed by atoms with Crippen LogP contribution in [0.3, 0.4) is 0 Å². The smallest absolute Gasteiger partial charge is 0.303 e. The SMILES string of the molecule is Cc1cc(Cl)ccc1-n1nc(CCC(=O)O)nc1C. The van der Waals surface area contributed by atoms with E-state index in [0.29, 0.717) is 17.3 Å². The summed E-state index contributed by atoms with van der Waals surface area (Å²) in [5, 5.41) is 13.7. The average molecular weight is 280 g/mol. The summed E-state index contributed by atoms with van der Waals surface area (Å²) in [5.74, 6) is 0.414. The molecule has 19 heavy (non-hydrogen) atoms. The van der Waals surface area contributed by atoms with Crippen LogP contribution in [-0.2, 0) is 11.2 Å². The molecule has 0 bridgehead atoms. The molecule has 0 aliphatic rings. The molecule has 0 aliphatic carbocycles. The van der Waals surface area contributed by atoms with Gasteiger partial charge in [-0.3, -0.25) is 4.79 Å². The van der Waals surface area contributed by atoms with E-state index < -0.39 is 5.97 Å². The molecule has 0 fully saturated rings. The molecule has 1 aromatic carbocycles. The summed E-state index contributed by atoms with van der Waals surface area (Å²) in [7, 11) is 0. The van der Waals surface area contributed by atoms with Crippen LogP contribution in [0.4, 0.5) is 0 Å². The number of aryl methyl sites for hydroxylation is 3. The molecule has 2 aromatic rings. The van der Waals surface area contributed by atoms with Gasteiger partial charge in [0.2, 0.25) is 0 Å². The first kappa shape index (κ1) is 13.5. The number of aromatic nitrogens is 3. The highest BCUT2D eigenvalue weighted by atomic mass is 35.5. The van der Waals surface area contributed by atoms with Crippen molar-refractivity contribution in [2.45, 2.75) is 26.7 Å². The van der Waals surface area contributed by atoms with Gasteiger partial charge >= 0.3 is 5.97 Å². The molecule has 0 spiro atoms. The van der Waals surface area contributed by atoms with Crippen molar-refractivity contribution >= 4 is 17.6 Å². The Hall–Kier alpha value is -1.88. The Morgan fingerprint density at radius 2 is 2.16 bits per heavy atom. The maximum atomic E-state index is 10.5. The quantitative estimate of drug-likeness (QED) is 0.934. The van der Waals surface area contributed by atoms with Crippen LogP contribution in [0.2, 0.25) is 5.02 Å². The number of carboxylic acids is 1. The van der Waals surface area contributed by atoms with E-state index in [2.05, 4.69) is 10.1 Å². The highest BCUT2D eigenvalue weighted by molar-refractivity contribution is 6.30. The number of halogens is 1. The van der Waals surface area contributed by atoms with E-state index in [1.54, 1.807) is 10.7 Å². The van der Waals surface area contributed by atoms with Gasteiger partial charge in [-0.15, -0.1) is 0 Å². The first-order valence-electron chi connectivity index (χ1n) is 5.88. The lowest BCUT2D eigenvalue weighted by molar-refractivity contribution is -0.137. The molecule has 1 N–H and O–H groups in total. The van der Waals surface area contributed by atoms with E-state index in [9.17, 15) is 4.79 Å². The summed E-state index contributed by atoms with van der Waals surface area (Å²) >= 11 is 5.92. The molecule has 2 rings (SSSR count). The van der Waals surface area contributed by atoms with Crippen LogP contribution in [0.1, 0.15) is 23.6 Å². The third-order valence-electron chi connectivity index (χ3n) is 2.76. The minimum Gasteiger partial charge on any atom is -0.481 e. The first-order valence-corrected chi connectivity index (χ1v) is 6.26. The first-order chi connectivity index (χ1) is 8.97. The van der Waals surface area contributed by atoms with Crippen molar-refractivity contribution in [1.29, 1.82) is 0 Å². The van der Waals surface area contributed by atoms with Gasteiger partial charge in [0.25, 0.3) is 0 Å². The van der Waals surface area contributed by atoms with Gasteiger partial charge in [0.05, 0.1) is 12.1 Å². The van der Waals surface area contributed by atoms with Crippen molar-refractivity contribution in [3.05, 3.63) is 40.4 Å². The average Bonchev–Trinajstić information content (AvgIpc) is 2.68. The van der Waals surface area contributed by atoms with Gasteiger partial charge in [0.1, 0.15) is 5.82 Å². The predicted octanol–water partition coefficient (Wildman–Crippen LogP) is 2.55. The Balaban J connectivity index is 2.32. The fraction of sp³-hybridized carbons (Fsp3) is 0.308. The van der Waals surface area contributed by atoms with E-state index in [1.807, 2.05) is 26.0 Å². The van der Waals surface area contributed by atoms with Gasteiger partial charge in [-0.2, -0.15) is 5.10 Å². The summed E-state index contributed by atoms with van der Waals surface area (Å²) in [4.78, 5) is 14.8. The summed E-state index contributed by atoms with van der Waals surface area (Å²) in [6, 6.07) is 5.52. The molecule has 0 amide bonds. The van der Waals surface area contributed by atoms with Gasteiger partial charge in [-0.1, -0.05) is 11.6 Å². The summed E-state index contributed by atoms with van der Waals surface area (Å²) in [5.41, 5.74) is 1.89. The topological polar surface area (TPSA) is 68.0 Å². The summed E-state index contributed by atoms with van der Waals surface area (Å²) in [6.07, 6.45) is 0.360. The zero-order valence-corrected chi connectivity index (χ0v) is 11.5. The maximum absolute atomic E-state index is 10.5. The number of carbonyl (C=O) groups is 1. The van der Waals surface area contributed by atoms with Crippen LogP contribution in [0.15, 0.2) is 18.2 Å². The lowest BCUT2D eigenvalue weighted by Crippen LogP contribution is -2.03. The fourth-order valence-electron chi connectivity index (χ4n) is 1.85. The van der Waals surface area contributed by atoms with E-state index in [4.69, 9.17) is 16.7 Å². The van der Waals surface area contributed by atoms with Crippen molar-refractivity contribution in [3.63, 3.8) is 0 Å². The third-order valence-corrected chi connectivity index (χ3v) is 3.00. The molecule has 1 heterocycles. The highest BCUT2D eigenvalue weighted by Gasteiger charge is 2.11. The molecule has 0 saturated carbocycles. The normalized spacial score (nSPS) is 10.7. The molecule has 1 aromatic heterocycles. The predicted molar refractivity (Wildman–Crippen MR) is 71.8 cm³/mol. The van der Waals surface area contributed by atoms with E-state index in [1.165, 1.54) is 0 Å². The van der Waals surface area contributed by atoms with Gasteiger partial charge < -0.3 is 5.11 Å². The van der Waals surface area contributed by atoms with Gasteiger partial charge in [-0.05, 0) is 37.6 Å². The number of benzene rings is 1. The molecule has 5 nitrogen and oxygen atoms in total. The number of aliphatic carboxylic acids is 1. The Morgan fingerprint density at radius 3 is 2.79 bits per heavy atom. The lowest BCUT2D eigenvalue weighted by atomic mass is 10.2. The number of rotatable bonds is 4. The summed E-state index contributed by atoms with van der Waals surface area (Å²) in [6.45, 7) is 3.78.